The fourth-order valence-corrected chi connectivity index (χ4v) is 4.46. The second-order valence-corrected chi connectivity index (χ2v) is 8.62. The first-order chi connectivity index (χ1) is 17.9. The minimum Gasteiger partial charge on any atom is -0.440 e. The van der Waals surface area contributed by atoms with Crippen molar-refractivity contribution in [2.24, 2.45) is 0 Å². The maximum absolute atomic E-state index is 12.9. The average Bonchev–Trinajstić information content (AvgIpc) is 3.63. The van der Waals surface area contributed by atoms with Gasteiger partial charge in [-0.15, -0.1) is 5.10 Å². The second-order valence-electron chi connectivity index (χ2n) is 8.62. The van der Waals surface area contributed by atoms with Gasteiger partial charge in [-0.1, -0.05) is 17.0 Å². The summed E-state index contributed by atoms with van der Waals surface area (Å²) in [5, 5.41) is 5.22. The molecule has 0 radical (unpaired) electrons. The lowest BCUT2D eigenvalue weighted by molar-refractivity contribution is -0.200. The molecule has 190 valence electrons. The van der Waals surface area contributed by atoms with E-state index in [-0.39, 0.29) is 11.4 Å². The summed E-state index contributed by atoms with van der Waals surface area (Å²) in [6.07, 6.45) is -0.424. The Morgan fingerprint density at radius 3 is 2.73 bits per heavy atom. The number of fused-ring (bicyclic) bond motifs is 2. The zero-order valence-corrected chi connectivity index (χ0v) is 19.3. The van der Waals surface area contributed by atoms with E-state index in [1.807, 2.05) is 30.3 Å². The van der Waals surface area contributed by atoms with Crippen LogP contribution in [0.15, 0.2) is 59.4 Å². The van der Waals surface area contributed by atoms with E-state index in [9.17, 15) is 18.0 Å². The molecule has 0 atom stereocenters. The van der Waals surface area contributed by atoms with E-state index in [4.69, 9.17) is 9.15 Å². The number of benzene rings is 2. The number of carbonyl (C=O) groups is 1. The molecule has 4 heterocycles. The van der Waals surface area contributed by atoms with Crippen LogP contribution in [0.3, 0.4) is 0 Å². The third kappa shape index (κ3) is 4.45. The van der Waals surface area contributed by atoms with Crippen LogP contribution in [-0.2, 0) is 16.1 Å². The van der Waals surface area contributed by atoms with Crippen LogP contribution in [0.1, 0.15) is 5.76 Å². The van der Waals surface area contributed by atoms with Crippen molar-refractivity contribution >= 4 is 27.8 Å². The van der Waals surface area contributed by atoms with Crippen LogP contribution in [0.25, 0.3) is 44.4 Å². The summed E-state index contributed by atoms with van der Waals surface area (Å²) in [5.41, 5.74) is 3.02. The molecule has 0 unspecified atom stereocenters. The van der Waals surface area contributed by atoms with Crippen LogP contribution in [0.2, 0.25) is 0 Å². The largest absolute Gasteiger partial charge is 0.493 e. The van der Waals surface area contributed by atoms with Gasteiger partial charge >= 0.3 is 12.1 Å². The van der Waals surface area contributed by atoms with Crippen LogP contribution in [-0.4, -0.2) is 63.3 Å². The number of morpholine rings is 1. The van der Waals surface area contributed by atoms with Crippen LogP contribution >= 0.6 is 0 Å². The number of nitrogens with zero attached hydrogens (tertiary/aromatic N) is 4. The Morgan fingerprint density at radius 2 is 1.92 bits per heavy atom. The Hall–Kier alpha value is -4.16. The van der Waals surface area contributed by atoms with Gasteiger partial charge in [0.05, 0.1) is 32.2 Å². The zero-order chi connectivity index (χ0) is 25.6. The summed E-state index contributed by atoms with van der Waals surface area (Å²) >= 11 is 0. The number of ether oxygens (including phenoxy) is 1. The van der Waals surface area contributed by atoms with Gasteiger partial charge in [-0.2, -0.15) is 13.2 Å². The van der Waals surface area contributed by atoms with E-state index in [1.165, 1.54) is 6.20 Å². The molecular formula is C25H20F3N5O4. The number of aromatic nitrogens is 4. The number of rotatable bonds is 5. The molecule has 0 amide bonds. The second kappa shape index (κ2) is 9.05. The molecule has 1 saturated heterocycles. The SMILES string of the molecule is O=C(On1ncc2c(-c3ncc(CN4CCOCC4)o3)cc(-c3cccc4[nH]ccc34)cc21)C(F)(F)F. The molecule has 9 nitrogen and oxygen atoms in total. The van der Waals surface area contributed by atoms with Crippen molar-refractivity contribution in [1.29, 1.82) is 0 Å². The van der Waals surface area contributed by atoms with Crippen LogP contribution in [0.4, 0.5) is 13.2 Å². The average molecular weight is 511 g/mol. The number of oxazole rings is 1. The number of halogens is 3. The van der Waals surface area contributed by atoms with Gasteiger partial charge in [0.1, 0.15) is 11.3 Å². The lowest BCUT2D eigenvalue weighted by Crippen LogP contribution is -2.35. The van der Waals surface area contributed by atoms with Crippen molar-refractivity contribution in [1.82, 2.24) is 24.8 Å². The first-order valence-corrected chi connectivity index (χ1v) is 11.5. The Balaban J connectivity index is 1.46. The summed E-state index contributed by atoms with van der Waals surface area (Å²) in [6.45, 7) is 3.38. The van der Waals surface area contributed by atoms with Gasteiger partial charge in [-0.25, -0.2) is 9.78 Å². The molecule has 12 heteroatoms. The molecule has 5 aromatic rings. The third-order valence-electron chi connectivity index (χ3n) is 6.23. The monoisotopic (exact) mass is 511 g/mol. The van der Waals surface area contributed by atoms with Gasteiger partial charge in [-0.3, -0.25) is 4.90 Å². The van der Waals surface area contributed by atoms with E-state index in [0.29, 0.717) is 46.9 Å². The summed E-state index contributed by atoms with van der Waals surface area (Å²) < 4.78 is 50.2. The molecular weight excluding hydrogens is 491 g/mol. The van der Waals surface area contributed by atoms with E-state index >= 15 is 0 Å². The normalized spacial score (nSPS) is 15.0. The zero-order valence-electron chi connectivity index (χ0n) is 19.3. The predicted molar refractivity (Wildman–Crippen MR) is 126 cm³/mol. The number of carbonyl (C=O) groups excluding carboxylic acids is 1. The molecule has 6 rings (SSSR count). The van der Waals surface area contributed by atoms with E-state index in [1.54, 1.807) is 18.5 Å². The topological polar surface area (TPSA) is 98.4 Å². The number of alkyl halides is 3. The quantitative estimate of drug-likeness (QED) is 0.378. The van der Waals surface area contributed by atoms with Crippen molar-refractivity contribution in [3.05, 3.63) is 60.7 Å². The standard InChI is InChI=1S/C25H20F3N5O4/c26-25(27,28)24(34)37-33-22-11-15(17-2-1-3-21-18(17)4-5-29-21)10-19(20(22)13-31-33)23-30-12-16(36-23)14-32-6-8-35-9-7-32/h1-5,10-13,29H,6-9,14H2. The van der Waals surface area contributed by atoms with Crippen LogP contribution < -0.4 is 4.84 Å². The van der Waals surface area contributed by atoms with Gasteiger partial charge in [0.15, 0.2) is 0 Å². The highest BCUT2D eigenvalue weighted by Crippen LogP contribution is 2.36. The summed E-state index contributed by atoms with van der Waals surface area (Å²) in [5.74, 6) is -1.46. The molecule has 0 saturated carbocycles. The highest BCUT2D eigenvalue weighted by atomic mass is 19.4. The van der Waals surface area contributed by atoms with E-state index < -0.39 is 12.1 Å². The molecule has 37 heavy (non-hydrogen) atoms. The molecule has 1 aliphatic heterocycles. The van der Waals surface area contributed by atoms with Crippen molar-refractivity contribution in [2.75, 3.05) is 26.3 Å². The predicted octanol–water partition coefficient (Wildman–Crippen LogP) is 4.19. The summed E-state index contributed by atoms with van der Waals surface area (Å²) in [4.78, 5) is 26.5. The first-order valence-electron chi connectivity index (χ1n) is 11.5. The van der Waals surface area contributed by atoms with Crippen molar-refractivity contribution < 1.29 is 32.0 Å². The summed E-state index contributed by atoms with van der Waals surface area (Å²) in [7, 11) is 0. The molecule has 0 bridgehead atoms. The number of nitrogens with one attached hydrogen (secondary N) is 1. The molecule has 1 N–H and O–H groups in total. The van der Waals surface area contributed by atoms with Crippen LogP contribution in [0, 0.1) is 0 Å². The van der Waals surface area contributed by atoms with E-state index in [2.05, 4.69) is 24.8 Å². The van der Waals surface area contributed by atoms with Gasteiger partial charge in [0.2, 0.25) is 5.89 Å². The van der Waals surface area contributed by atoms with Gasteiger partial charge in [0, 0.05) is 41.1 Å². The smallest absolute Gasteiger partial charge is 0.440 e. The van der Waals surface area contributed by atoms with Gasteiger partial charge in [0.25, 0.3) is 0 Å². The third-order valence-corrected chi connectivity index (χ3v) is 6.23. The Kier molecular flexibility index (Phi) is 5.69. The molecule has 1 aliphatic rings. The van der Waals surface area contributed by atoms with Crippen LogP contribution in [0.5, 0.6) is 0 Å². The van der Waals surface area contributed by atoms with Crippen molar-refractivity contribution in [3.63, 3.8) is 0 Å². The van der Waals surface area contributed by atoms with Gasteiger partial charge in [-0.05, 0) is 35.4 Å². The Bertz CT molecular complexity index is 1600. The molecule has 1 fully saturated rings. The fraction of sp³-hybridized carbons (Fsp3) is 0.240. The molecule has 2 aromatic carbocycles. The molecule has 0 spiro atoms. The first kappa shape index (κ1) is 23.3. The fourth-order valence-electron chi connectivity index (χ4n) is 4.46. The number of hydrogen-bond donors (Lipinski definition) is 1. The van der Waals surface area contributed by atoms with Crippen molar-refractivity contribution in [3.8, 4) is 22.6 Å². The highest BCUT2D eigenvalue weighted by Gasteiger charge is 2.42. The maximum Gasteiger partial charge on any atom is 0.493 e. The van der Waals surface area contributed by atoms with Gasteiger partial charge < -0.3 is 19.0 Å². The lowest BCUT2D eigenvalue weighted by atomic mass is 9.97. The van der Waals surface area contributed by atoms with E-state index in [0.717, 1.165) is 29.6 Å². The Labute approximate surface area is 207 Å². The minimum absolute atomic E-state index is 0.158. The van der Waals surface area contributed by atoms with Crippen molar-refractivity contribution in [2.45, 2.75) is 12.7 Å². The number of H-pyrrole nitrogens is 1. The Morgan fingerprint density at radius 1 is 1.08 bits per heavy atom. The minimum atomic E-state index is -5.17. The number of hydrogen-bond acceptors (Lipinski definition) is 7. The highest BCUT2D eigenvalue weighted by molar-refractivity contribution is 6.01. The maximum atomic E-state index is 12.9. The lowest BCUT2D eigenvalue weighted by Gasteiger charge is -2.25. The number of aromatic amines is 1. The molecule has 3 aromatic heterocycles. The molecule has 0 aliphatic carbocycles. The summed E-state index contributed by atoms with van der Waals surface area (Å²) in [6, 6.07) is 11.0.